The number of benzene rings is 1. The fraction of sp³-hybridized carbons (Fsp3) is 0.636. The second-order valence-corrected chi connectivity index (χ2v) is 9.06. The number of amides is 3. The van der Waals surface area contributed by atoms with E-state index in [0.29, 0.717) is 12.2 Å². The molecule has 0 unspecified atom stereocenters. The van der Waals surface area contributed by atoms with Gasteiger partial charge in [-0.15, -0.1) is 0 Å². The molecule has 0 radical (unpaired) electrons. The van der Waals surface area contributed by atoms with E-state index in [4.69, 9.17) is 5.73 Å². The summed E-state index contributed by atoms with van der Waals surface area (Å²) in [6, 6.07) is 7.24. The Morgan fingerprint density at radius 2 is 1.68 bits per heavy atom. The molecular weight excluding hydrogens is 352 g/mol. The summed E-state index contributed by atoms with van der Waals surface area (Å²) in [4.78, 5) is 31.4. The molecule has 3 aliphatic heterocycles. The molecule has 1 aromatic rings. The van der Waals surface area contributed by atoms with Crippen LogP contribution in [0.2, 0.25) is 0 Å². The van der Waals surface area contributed by atoms with Gasteiger partial charge in [-0.1, -0.05) is 18.6 Å². The summed E-state index contributed by atoms with van der Waals surface area (Å²) >= 11 is 0. The van der Waals surface area contributed by atoms with Crippen molar-refractivity contribution in [3.8, 4) is 0 Å². The van der Waals surface area contributed by atoms with Gasteiger partial charge in [0.25, 0.3) is 5.91 Å². The van der Waals surface area contributed by atoms with Crippen LogP contribution in [0, 0.1) is 0 Å². The van der Waals surface area contributed by atoms with Crippen LogP contribution < -0.4 is 10.6 Å². The number of nitrogens with zero attached hydrogens (tertiary/aromatic N) is 3. The van der Waals surface area contributed by atoms with Crippen LogP contribution in [-0.4, -0.2) is 60.0 Å². The zero-order valence-electron chi connectivity index (χ0n) is 16.5. The van der Waals surface area contributed by atoms with Crippen molar-refractivity contribution in [2.45, 2.75) is 62.4 Å². The molecule has 0 spiro atoms. The number of hydrogen-bond donors (Lipinski definition) is 1. The first kappa shape index (κ1) is 18.1. The lowest BCUT2D eigenvalue weighted by Gasteiger charge is -2.45. The summed E-state index contributed by atoms with van der Waals surface area (Å²) in [7, 11) is 0. The SMILES string of the molecule is N[C@@H]1CCCN2C(=O)N(c3ccc(C4(CN5CCCC5)CCC4)cc3)C(=O)[C@H]12. The standard InChI is InChI=1S/C22H30N4O2/c23-18-5-3-14-25-19(18)20(27)26(21(25)28)17-8-6-16(7-9-17)22(10-4-11-22)15-24-12-1-2-13-24/h6-9,18-19H,1-5,10-15,23H2/t18-,19+/m1/s1. The monoisotopic (exact) mass is 382 g/mol. The Hall–Kier alpha value is -1.92. The van der Waals surface area contributed by atoms with Crippen molar-refractivity contribution in [3.05, 3.63) is 29.8 Å². The van der Waals surface area contributed by atoms with Gasteiger partial charge in [0.05, 0.1) is 5.69 Å². The predicted molar refractivity (Wildman–Crippen MR) is 108 cm³/mol. The highest BCUT2D eigenvalue weighted by molar-refractivity contribution is 6.21. The lowest BCUT2D eigenvalue weighted by molar-refractivity contribution is -0.120. The van der Waals surface area contributed by atoms with Gasteiger partial charge >= 0.3 is 6.03 Å². The number of piperidine rings is 1. The number of urea groups is 1. The van der Waals surface area contributed by atoms with Crippen LogP contribution in [-0.2, 0) is 10.2 Å². The Kier molecular flexibility index (Phi) is 4.43. The maximum atomic E-state index is 12.9. The first-order valence-corrected chi connectivity index (χ1v) is 10.8. The van der Waals surface area contributed by atoms with Crippen molar-refractivity contribution >= 4 is 17.6 Å². The lowest BCUT2D eigenvalue weighted by Crippen LogP contribution is -2.52. The van der Waals surface area contributed by atoms with Gasteiger partial charge in [-0.3, -0.25) is 4.79 Å². The molecular formula is C22H30N4O2. The highest BCUT2D eigenvalue weighted by Gasteiger charge is 2.50. The smallest absolute Gasteiger partial charge is 0.325 e. The number of likely N-dealkylation sites (tertiary alicyclic amines) is 1. The van der Waals surface area contributed by atoms with Gasteiger partial charge in [0.2, 0.25) is 0 Å². The molecule has 0 aromatic heterocycles. The van der Waals surface area contributed by atoms with Crippen LogP contribution in [0.25, 0.3) is 0 Å². The fourth-order valence-corrected chi connectivity index (χ4v) is 5.62. The molecule has 4 fully saturated rings. The van der Waals surface area contributed by atoms with Crippen LogP contribution in [0.4, 0.5) is 10.5 Å². The van der Waals surface area contributed by atoms with Gasteiger partial charge in [0, 0.05) is 24.5 Å². The van der Waals surface area contributed by atoms with Gasteiger partial charge in [-0.2, -0.15) is 0 Å². The van der Waals surface area contributed by atoms with Gasteiger partial charge in [0.1, 0.15) is 6.04 Å². The number of imide groups is 1. The molecule has 28 heavy (non-hydrogen) atoms. The topological polar surface area (TPSA) is 69.9 Å². The quantitative estimate of drug-likeness (QED) is 0.812. The Balaban J connectivity index is 1.37. The van der Waals surface area contributed by atoms with Gasteiger partial charge in [-0.25, -0.2) is 9.69 Å². The molecule has 2 atom stereocenters. The van der Waals surface area contributed by atoms with Crippen molar-refractivity contribution in [2.75, 3.05) is 31.1 Å². The summed E-state index contributed by atoms with van der Waals surface area (Å²) in [5.41, 5.74) is 8.43. The molecule has 1 aromatic carbocycles. The average Bonchev–Trinajstić information content (AvgIpc) is 3.26. The van der Waals surface area contributed by atoms with E-state index in [-0.39, 0.29) is 23.4 Å². The van der Waals surface area contributed by atoms with Crippen LogP contribution >= 0.6 is 0 Å². The van der Waals surface area contributed by atoms with Crippen LogP contribution in [0.3, 0.4) is 0 Å². The van der Waals surface area contributed by atoms with Gasteiger partial charge in [-0.05, 0) is 69.3 Å². The number of hydrogen-bond acceptors (Lipinski definition) is 4. The first-order valence-electron chi connectivity index (χ1n) is 10.8. The van der Waals surface area contributed by atoms with Crippen molar-refractivity contribution in [1.82, 2.24) is 9.80 Å². The number of rotatable bonds is 4. The third kappa shape index (κ3) is 2.77. The molecule has 4 aliphatic rings. The minimum Gasteiger partial charge on any atom is -0.325 e. The molecule has 3 heterocycles. The summed E-state index contributed by atoms with van der Waals surface area (Å²) < 4.78 is 0. The van der Waals surface area contributed by atoms with Crippen molar-refractivity contribution in [1.29, 1.82) is 0 Å². The molecule has 2 N–H and O–H groups in total. The normalized spacial score (nSPS) is 29.9. The molecule has 6 nitrogen and oxygen atoms in total. The van der Waals surface area contributed by atoms with Crippen molar-refractivity contribution in [3.63, 3.8) is 0 Å². The number of carbonyl (C=O) groups is 2. The first-order chi connectivity index (χ1) is 13.6. The zero-order valence-corrected chi connectivity index (χ0v) is 16.5. The highest BCUT2D eigenvalue weighted by Crippen LogP contribution is 2.45. The minimum absolute atomic E-state index is 0.166. The fourth-order valence-electron chi connectivity index (χ4n) is 5.62. The Bertz CT molecular complexity index is 767. The molecule has 1 saturated carbocycles. The minimum atomic E-state index is -0.492. The second kappa shape index (κ2) is 6.85. The zero-order chi connectivity index (χ0) is 19.3. The molecule has 3 amide bonds. The number of nitrogens with two attached hydrogens (primary N) is 1. The van der Waals surface area contributed by atoms with E-state index in [1.807, 2.05) is 12.1 Å². The highest BCUT2D eigenvalue weighted by atomic mass is 16.2. The summed E-state index contributed by atoms with van der Waals surface area (Å²) in [5.74, 6) is -0.166. The Labute approximate surface area is 166 Å². The van der Waals surface area contributed by atoms with Crippen LogP contribution in [0.1, 0.15) is 50.5 Å². The maximum Gasteiger partial charge on any atom is 0.332 e. The number of anilines is 1. The molecule has 0 bridgehead atoms. The van der Waals surface area contributed by atoms with E-state index in [2.05, 4.69) is 17.0 Å². The number of carbonyl (C=O) groups excluding carboxylic acids is 2. The molecule has 6 heteroatoms. The third-order valence-corrected chi connectivity index (χ3v) is 7.36. The Morgan fingerprint density at radius 1 is 0.964 bits per heavy atom. The van der Waals surface area contributed by atoms with E-state index < -0.39 is 6.04 Å². The van der Waals surface area contributed by atoms with Gasteiger partial charge < -0.3 is 15.5 Å². The van der Waals surface area contributed by atoms with E-state index in [1.165, 1.54) is 55.7 Å². The Morgan fingerprint density at radius 3 is 2.29 bits per heavy atom. The second-order valence-electron chi connectivity index (χ2n) is 9.06. The summed E-state index contributed by atoms with van der Waals surface area (Å²) in [6.45, 7) is 4.19. The molecule has 1 aliphatic carbocycles. The summed E-state index contributed by atoms with van der Waals surface area (Å²) in [6.07, 6.45) is 8.04. The molecule has 150 valence electrons. The van der Waals surface area contributed by atoms with Gasteiger partial charge in [0.15, 0.2) is 0 Å². The van der Waals surface area contributed by atoms with E-state index in [0.717, 1.165) is 19.4 Å². The third-order valence-electron chi connectivity index (χ3n) is 7.36. The van der Waals surface area contributed by atoms with Crippen molar-refractivity contribution < 1.29 is 9.59 Å². The van der Waals surface area contributed by atoms with E-state index >= 15 is 0 Å². The lowest BCUT2D eigenvalue weighted by atomic mass is 9.64. The summed E-state index contributed by atoms with van der Waals surface area (Å²) in [5, 5.41) is 0. The number of fused-ring (bicyclic) bond motifs is 1. The van der Waals surface area contributed by atoms with Crippen molar-refractivity contribution in [2.24, 2.45) is 5.73 Å². The molecule has 3 saturated heterocycles. The maximum absolute atomic E-state index is 12.9. The average molecular weight is 383 g/mol. The van der Waals surface area contributed by atoms with E-state index in [1.54, 1.807) is 4.90 Å². The van der Waals surface area contributed by atoms with E-state index in [9.17, 15) is 9.59 Å². The van der Waals surface area contributed by atoms with Crippen LogP contribution in [0.5, 0.6) is 0 Å². The molecule has 5 rings (SSSR count). The largest absolute Gasteiger partial charge is 0.332 e. The predicted octanol–water partition coefficient (Wildman–Crippen LogP) is 2.46. The van der Waals surface area contributed by atoms with Crippen LogP contribution in [0.15, 0.2) is 24.3 Å².